The van der Waals surface area contributed by atoms with Crippen molar-refractivity contribution in [2.45, 2.75) is 19.1 Å². The number of nitrogens with one attached hydrogen (secondary N) is 1. The molecule has 0 bridgehead atoms. The first-order valence-corrected chi connectivity index (χ1v) is 6.03. The fourth-order valence-electron chi connectivity index (χ4n) is 1.51. The SMILES string of the molecule is CNCc1ccccc1OCCCOCC(F)(F)F. The van der Waals surface area contributed by atoms with Gasteiger partial charge in [0.05, 0.1) is 13.2 Å². The zero-order valence-electron chi connectivity index (χ0n) is 10.8. The van der Waals surface area contributed by atoms with Crippen molar-refractivity contribution in [3.8, 4) is 5.75 Å². The second-order valence-corrected chi connectivity index (χ2v) is 4.01. The molecular formula is C13H18F3NO2. The number of hydrogen-bond acceptors (Lipinski definition) is 3. The van der Waals surface area contributed by atoms with Crippen LogP contribution in [0.25, 0.3) is 0 Å². The highest BCUT2D eigenvalue weighted by atomic mass is 19.4. The predicted molar refractivity (Wildman–Crippen MR) is 66.2 cm³/mol. The molecule has 0 aliphatic heterocycles. The molecule has 0 saturated carbocycles. The maximum Gasteiger partial charge on any atom is 0.411 e. The van der Waals surface area contributed by atoms with Gasteiger partial charge in [0.2, 0.25) is 0 Å². The number of hydrogen-bond donors (Lipinski definition) is 1. The summed E-state index contributed by atoms with van der Waals surface area (Å²) in [6, 6.07) is 7.54. The summed E-state index contributed by atoms with van der Waals surface area (Å²) in [5.41, 5.74) is 1.02. The van der Waals surface area contributed by atoms with Crippen molar-refractivity contribution < 1.29 is 22.6 Å². The maximum absolute atomic E-state index is 11.8. The van der Waals surface area contributed by atoms with Crippen molar-refractivity contribution in [1.29, 1.82) is 0 Å². The van der Waals surface area contributed by atoms with Gasteiger partial charge in [-0.1, -0.05) is 18.2 Å². The largest absolute Gasteiger partial charge is 0.493 e. The summed E-state index contributed by atoms with van der Waals surface area (Å²) in [6.45, 7) is -0.156. The molecule has 3 nitrogen and oxygen atoms in total. The third kappa shape index (κ3) is 7.03. The van der Waals surface area contributed by atoms with E-state index in [0.717, 1.165) is 11.3 Å². The first-order valence-electron chi connectivity index (χ1n) is 6.03. The number of para-hydroxylation sites is 1. The van der Waals surface area contributed by atoms with E-state index in [1.165, 1.54) is 0 Å². The summed E-state index contributed by atoms with van der Waals surface area (Å²) >= 11 is 0. The minimum atomic E-state index is -4.26. The average molecular weight is 277 g/mol. The van der Waals surface area contributed by atoms with Crippen LogP contribution >= 0.6 is 0 Å². The van der Waals surface area contributed by atoms with E-state index in [1.807, 2.05) is 31.3 Å². The summed E-state index contributed by atoms with van der Waals surface area (Å²) in [4.78, 5) is 0. The second kappa shape index (κ2) is 8.01. The van der Waals surface area contributed by atoms with Gasteiger partial charge in [-0.05, 0) is 13.1 Å². The van der Waals surface area contributed by atoms with Crippen LogP contribution in [0.2, 0.25) is 0 Å². The van der Waals surface area contributed by atoms with Crippen molar-refractivity contribution in [1.82, 2.24) is 5.32 Å². The number of alkyl halides is 3. The van der Waals surface area contributed by atoms with Gasteiger partial charge >= 0.3 is 6.18 Å². The van der Waals surface area contributed by atoms with Gasteiger partial charge in [0.1, 0.15) is 12.4 Å². The molecule has 1 aromatic rings. The van der Waals surface area contributed by atoms with E-state index in [2.05, 4.69) is 10.1 Å². The average Bonchev–Trinajstić information content (AvgIpc) is 2.34. The molecule has 6 heteroatoms. The Hall–Kier alpha value is -1.27. The van der Waals surface area contributed by atoms with Crippen molar-refractivity contribution >= 4 is 0 Å². The number of benzene rings is 1. The highest BCUT2D eigenvalue weighted by molar-refractivity contribution is 5.33. The lowest BCUT2D eigenvalue weighted by Crippen LogP contribution is -2.18. The molecule has 0 heterocycles. The number of ether oxygens (including phenoxy) is 2. The van der Waals surface area contributed by atoms with Crippen LogP contribution in [0.5, 0.6) is 5.75 Å². The Kier molecular flexibility index (Phi) is 6.66. The van der Waals surface area contributed by atoms with E-state index >= 15 is 0 Å². The van der Waals surface area contributed by atoms with Gasteiger partial charge < -0.3 is 14.8 Å². The number of halogens is 3. The fourth-order valence-corrected chi connectivity index (χ4v) is 1.51. The van der Waals surface area contributed by atoms with Gasteiger partial charge in [-0.15, -0.1) is 0 Å². The molecule has 19 heavy (non-hydrogen) atoms. The van der Waals surface area contributed by atoms with Crippen LogP contribution in [0.1, 0.15) is 12.0 Å². The van der Waals surface area contributed by atoms with Gasteiger partial charge in [-0.25, -0.2) is 0 Å². The van der Waals surface area contributed by atoms with Crippen LogP contribution in [-0.4, -0.2) is 33.0 Å². The molecule has 0 radical (unpaired) electrons. The molecule has 0 unspecified atom stereocenters. The van der Waals surface area contributed by atoms with E-state index in [9.17, 15) is 13.2 Å². The molecule has 0 amide bonds. The highest BCUT2D eigenvalue weighted by Crippen LogP contribution is 2.18. The molecule has 0 aliphatic rings. The standard InChI is InChI=1S/C13H18F3NO2/c1-17-9-11-5-2-3-6-12(11)19-8-4-7-18-10-13(14,15)16/h2-3,5-6,17H,4,7-10H2,1H3. The Balaban J connectivity index is 2.22. The topological polar surface area (TPSA) is 30.5 Å². The molecule has 0 saturated heterocycles. The number of rotatable bonds is 8. The van der Waals surface area contributed by atoms with Gasteiger partial charge in [0.15, 0.2) is 0 Å². The highest BCUT2D eigenvalue weighted by Gasteiger charge is 2.27. The molecular weight excluding hydrogens is 259 g/mol. The molecule has 1 aromatic carbocycles. The van der Waals surface area contributed by atoms with Crippen LogP contribution in [0.4, 0.5) is 13.2 Å². The lowest BCUT2D eigenvalue weighted by Gasteiger charge is -2.11. The Labute approximate surface area is 110 Å². The first-order chi connectivity index (χ1) is 9.03. The summed E-state index contributed by atoms with van der Waals surface area (Å²) < 4.78 is 45.4. The lowest BCUT2D eigenvalue weighted by molar-refractivity contribution is -0.174. The van der Waals surface area contributed by atoms with Crippen molar-refractivity contribution in [3.05, 3.63) is 29.8 Å². The minimum Gasteiger partial charge on any atom is -0.493 e. The van der Waals surface area contributed by atoms with Crippen LogP contribution in [0.3, 0.4) is 0 Å². The lowest BCUT2D eigenvalue weighted by atomic mass is 10.2. The van der Waals surface area contributed by atoms with Gasteiger partial charge in [-0.3, -0.25) is 0 Å². The van der Waals surface area contributed by atoms with E-state index in [0.29, 0.717) is 19.6 Å². The summed E-state index contributed by atoms with van der Waals surface area (Å²) in [7, 11) is 1.84. The molecule has 0 atom stereocenters. The molecule has 1 rings (SSSR count). The maximum atomic E-state index is 11.8. The van der Waals surface area contributed by atoms with Crippen LogP contribution in [-0.2, 0) is 11.3 Å². The summed E-state index contributed by atoms with van der Waals surface area (Å²) in [5, 5.41) is 3.02. The molecule has 0 aliphatic carbocycles. The fraction of sp³-hybridized carbons (Fsp3) is 0.538. The van der Waals surface area contributed by atoms with Crippen LogP contribution in [0, 0.1) is 0 Å². The van der Waals surface area contributed by atoms with Crippen molar-refractivity contribution in [2.24, 2.45) is 0 Å². The zero-order valence-corrected chi connectivity index (χ0v) is 10.8. The molecule has 1 N–H and O–H groups in total. The third-order valence-electron chi connectivity index (χ3n) is 2.30. The Bertz CT molecular complexity index is 369. The normalized spacial score (nSPS) is 11.6. The van der Waals surface area contributed by atoms with E-state index in [-0.39, 0.29) is 6.61 Å². The second-order valence-electron chi connectivity index (χ2n) is 4.01. The van der Waals surface area contributed by atoms with Crippen LogP contribution in [0.15, 0.2) is 24.3 Å². The van der Waals surface area contributed by atoms with E-state index in [1.54, 1.807) is 0 Å². The van der Waals surface area contributed by atoms with Crippen molar-refractivity contribution in [3.63, 3.8) is 0 Å². The van der Waals surface area contributed by atoms with E-state index < -0.39 is 12.8 Å². The monoisotopic (exact) mass is 277 g/mol. The zero-order chi connectivity index (χ0) is 14.1. The Morgan fingerprint density at radius 1 is 1.16 bits per heavy atom. The summed E-state index contributed by atoms with van der Waals surface area (Å²) in [6.07, 6.45) is -3.84. The Morgan fingerprint density at radius 2 is 1.89 bits per heavy atom. The smallest absolute Gasteiger partial charge is 0.411 e. The quantitative estimate of drug-likeness (QED) is 0.741. The Morgan fingerprint density at radius 3 is 2.58 bits per heavy atom. The molecule has 108 valence electrons. The van der Waals surface area contributed by atoms with E-state index in [4.69, 9.17) is 4.74 Å². The molecule has 0 aromatic heterocycles. The minimum absolute atomic E-state index is 0.0354. The third-order valence-corrected chi connectivity index (χ3v) is 2.30. The van der Waals surface area contributed by atoms with Gasteiger partial charge in [-0.2, -0.15) is 13.2 Å². The van der Waals surface area contributed by atoms with Gasteiger partial charge in [0, 0.05) is 18.5 Å². The van der Waals surface area contributed by atoms with Crippen LogP contribution < -0.4 is 10.1 Å². The summed E-state index contributed by atoms with van der Waals surface area (Å²) in [5.74, 6) is 0.743. The first kappa shape index (κ1) is 15.8. The molecule has 0 spiro atoms. The van der Waals surface area contributed by atoms with Gasteiger partial charge in [0.25, 0.3) is 0 Å². The predicted octanol–water partition coefficient (Wildman–Crippen LogP) is 2.75. The van der Waals surface area contributed by atoms with Crippen molar-refractivity contribution in [2.75, 3.05) is 26.9 Å². The molecule has 0 fully saturated rings.